The maximum atomic E-state index is 11.3. The monoisotopic (exact) mass is 272 g/mol. The van der Waals surface area contributed by atoms with Crippen molar-refractivity contribution in [3.8, 4) is 5.75 Å². The van der Waals surface area contributed by atoms with Crippen molar-refractivity contribution in [2.75, 3.05) is 0 Å². The highest BCUT2D eigenvalue weighted by atomic mass is 79.9. The Hall–Kier alpha value is -1.03. The van der Waals surface area contributed by atoms with Crippen molar-refractivity contribution in [1.29, 1.82) is 0 Å². The van der Waals surface area contributed by atoms with Gasteiger partial charge in [0.2, 0.25) is 0 Å². The number of hydrogen-bond donors (Lipinski definition) is 0. The lowest BCUT2D eigenvalue weighted by molar-refractivity contribution is 0.0205. The minimum Gasteiger partial charge on any atom is -0.428 e. The van der Waals surface area contributed by atoms with E-state index in [1.165, 1.54) is 0 Å². The van der Waals surface area contributed by atoms with Crippen LogP contribution in [0, 0.1) is 0 Å². The molecular weight excluding hydrogens is 260 g/mol. The number of para-hydroxylation sites is 1. The predicted octanol–water partition coefficient (Wildman–Crippen LogP) is 3.76. The summed E-state index contributed by atoms with van der Waals surface area (Å²) < 4.78 is 10.7. The Morgan fingerprint density at radius 3 is 2.40 bits per heavy atom. The van der Waals surface area contributed by atoms with E-state index in [4.69, 9.17) is 9.47 Å². The molecule has 0 atom stereocenters. The van der Waals surface area contributed by atoms with E-state index in [1.807, 2.05) is 6.07 Å². The summed E-state index contributed by atoms with van der Waals surface area (Å²) in [5.41, 5.74) is -0.543. The number of benzene rings is 1. The predicted molar refractivity (Wildman–Crippen MR) is 61.0 cm³/mol. The first kappa shape index (κ1) is 12.0. The van der Waals surface area contributed by atoms with Crippen LogP contribution in [0.1, 0.15) is 20.8 Å². The Balaban J connectivity index is 2.64. The van der Waals surface area contributed by atoms with E-state index in [1.54, 1.807) is 39.0 Å². The molecular formula is C11H13BrO3. The SMILES string of the molecule is CC(C)(C)OC(=O)Oc1ccccc1Br. The summed E-state index contributed by atoms with van der Waals surface area (Å²) in [4.78, 5) is 11.3. The fourth-order valence-electron chi connectivity index (χ4n) is 0.888. The summed E-state index contributed by atoms with van der Waals surface area (Å²) in [6, 6.07) is 7.10. The van der Waals surface area contributed by atoms with Gasteiger partial charge in [0.1, 0.15) is 11.4 Å². The van der Waals surface area contributed by atoms with E-state index in [0.29, 0.717) is 5.75 Å². The van der Waals surface area contributed by atoms with Gasteiger partial charge in [0.15, 0.2) is 0 Å². The lowest BCUT2D eigenvalue weighted by atomic mass is 10.2. The average molecular weight is 273 g/mol. The molecule has 0 unspecified atom stereocenters. The van der Waals surface area contributed by atoms with Gasteiger partial charge in [-0.15, -0.1) is 0 Å². The van der Waals surface area contributed by atoms with Crippen LogP contribution in [-0.4, -0.2) is 11.8 Å². The highest BCUT2D eigenvalue weighted by molar-refractivity contribution is 9.10. The molecule has 1 rings (SSSR count). The first-order chi connectivity index (χ1) is 6.88. The van der Waals surface area contributed by atoms with Crippen molar-refractivity contribution >= 4 is 22.1 Å². The normalized spacial score (nSPS) is 10.9. The van der Waals surface area contributed by atoms with Crippen LogP contribution in [0.15, 0.2) is 28.7 Å². The minimum absolute atomic E-state index is 0.451. The van der Waals surface area contributed by atoms with Crippen LogP contribution in [0.3, 0.4) is 0 Å². The van der Waals surface area contributed by atoms with Crippen molar-refractivity contribution in [2.24, 2.45) is 0 Å². The van der Waals surface area contributed by atoms with Gasteiger partial charge in [0.25, 0.3) is 0 Å². The van der Waals surface area contributed by atoms with Crippen LogP contribution in [0.25, 0.3) is 0 Å². The molecule has 0 aliphatic rings. The van der Waals surface area contributed by atoms with E-state index < -0.39 is 11.8 Å². The summed E-state index contributed by atoms with van der Waals surface area (Å²) in [5, 5.41) is 0. The minimum atomic E-state index is -0.700. The Bertz CT molecular complexity index is 355. The number of carbonyl (C=O) groups is 1. The van der Waals surface area contributed by atoms with Crippen LogP contribution < -0.4 is 4.74 Å². The Labute approximate surface area is 97.5 Å². The number of rotatable bonds is 1. The third-order valence-electron chi connectivity index (χ3n) is 1.42. The summed E-state index contributed by atoms with van der Waals surface area (Å²) in [6.45, 7) is 5.36. The fraction of sp³-hybridized carbons (Fsp3) is 0.364. The second-order valence-electron chi connectivity index (χ2n) is 4.00. The Kier molecular flexibility index (Phi) is 3.74. The van der Waals surface area contributed by atoms with Crippen LogP contribution in [0.2, 0.25) is 0 Å². The van der Waals surface area contributed by atoms with E-state index in [2.05, 4.69) is 15.9 Å². The largest absolute Gasteiger partial charge is 0.514 e. The van der Waals surface area contributed by atoms with Gasteiger partial charge in [-0.05, 0) is 48.8 Å². The molecule has 1 aromatic carbocycles. The van der Waals surface area contributed by atoms with Crippen molar-refractivity contribution in [3.05, 3.63) is 28.7 Å². The summed E-state index contributed by atoms with van der Waals surface area (Å²) in [5.74, 6) is 0.451. The molecule has 4 heteroatoms. The maximum Gasteiger partial charge on any atom is 0.514 e. The van der Waals surface area contributed by atoms with Gasteiger partial charge in [0, 0.05) is 0 Å². The average Bonchev–Trinajstić information content (AvgIpc) is 2.05. The van der Waals surface area contributed by atoms with Crippen molar-refractivity contribution < 1.29 is 14.3 Å². The molecule has 3 nitrogen and oxygen atoms in total. The molecule has 0 saturated heterocycles. The van der Waals surface area contributed by atoms with E-state index in [9.17, 15) is 4.79 Å². The molecule has 0 amide bonds. The molecule has 0 heterocycles. The lowest BCUT2D eigenvalue weighted by Gasteiger charge is -2.18. The van der Waals surface area contributed by atoms with E-state index in [0.717, 1.165) is 4.47 Å². The molecule has 1 aromatic rings. The highest BCUT2D eigenvalue weighted by Crippen LogP contribution is 2.24. The zero-order valence-electron chi connectivity index (χ0n) is 8.91. The molecule has 0 radical (unpaired) electrons. The number of carbonyl (C=O) groups excluding carboxylic acids is 1. The molecule has 0 aliphatic carbocycles. The molecule has 0 bridgehead atoms. The molecule has 0 aromatic heterocycles. The number of hydrogen-bond acceptors (Lipinski definition) is 3. The van der Waals surface area contributed by atoms with Crippen molar-refractivity contribution in [3.63, 3.8) is 0 Å². The molecule has 15 heavy (non-hydrogen) atoms. The van der Waals surface area contributed by atoms with E-state index in [-0.39, 0.29) is 0 Å². The second kappa shape index (κ2) is 4.66. The van der Waals surface area contributed by atoms with Gasteiger partial charge >= 0.3 is 6.16 Å². The van der Waals surface area contributed by atoms with Crippen LogP contribution >= 0.6 is 15.9 Å². The molecule has 0 saturated carbocycles. The molecule has 0 spiro atoms. The summed E-state index contributed by atoms with van der Waals surface area (Å²) in [6.07, 6.45) is -0.700. The second-order valence-corrected chi connectivity index (χ2v) is 4.85. The molecule has 0 aliphatic heterocycles. The Morgan fingerprint density at radius 1 is 1.27 bits per heavy atom. The number of ether oxygens (including phenoxy) is 2. The Morgan fingerprint density at radius 2 is 1.87 bits per heavy atom. The van der Waals surface area contributed by atoms with Crippen LogP contribution in [0.4, 0.5) is 4.79 Å². The van der Waals surface area contributed by atoms with E-state index >= 15 is 0 Å². The smallest absolute Gasteiger partial charge is 0.428 e. The molecule has 0 N–H and O–H groups in total. The van der Waals surface area contributed by atoms with Crippen LogP contribution in [0.5, 0.6) is 5.75 Å². The van der Waals surface area contributed by atoms with Crippen LogP contribution in [-0.2, 0) is 4.74 Å². The van der Waals surface area contributed by atoms with Gasteiger partial charge in [-0.25, -0.2) is 4.79 Å². The first-order valence-corrected chi connectivity index (χ1v) is 5.33. The van der Waals surface area contributed by atoms with Gasteiger partial charge in [-0.3, -0.25) is 0 Å². The molecule has 0 fully saturated rings. The quantitative estimate of drug-likeness (QED) is 0.577. The zero-order chi connectivity index (χ0) is 11.5. The highest BCUT2D eigenvalue weighted by Gasteiger charge is 2.18. The lowest BCUT2D eigenvalue weighted by Crippen LogP contribution is -2.26. The third-order valence-corrected chi connectivity index (χ3v) is 2.07. The maximum absolute atomic E-state index is 11.3. The van der Waals surface area contributed by atoms with Crippen molar-refractivity contribution in [2.45, 2.75) is 26.4 Å². The third kappa shape index (κ3) is 4.34. The van der Waals surface area contributed by atoms with Gasteiger partial charge < -0.3 is 9.47 Å². The van der Waals surface area contributed by atoms with Gasteiger partial charge in [-0.1, -0.05) is 12.1 Å². The fourth-order valence-corrected chi connectivity index (χ4v) is 1.25. The zero-order valence-corrected chi connectivity index (χ0v) is 10.5. The summed E-state index contributed by atoms with van der Waals surface area (Å²) >= 11 is 3.27. The van der Waals surface area contributed by atoms with Gasteiger partial charge in [-0.2, -0.15) is 0 Å². The summed E-state index contributed by atoms with van der Waals surface area (Å²) in [7, 11) is 0. The first-order valence-electron chi connectivity index (χ1n) is 4.54. The van der Waals surface area contributed by atoms with Gasteiger partial charge in [0.05, 0.1) is 4.47 Å². The topological polar surface area (TPSA) is 35.5 Å². The molecule has 82 valence electrons. The van der Waals surface area contributed by atoms with Crippen molar-refractivity contribution in [1.82, 2.24) is 0 Å². The standard InChI is InChI=1S/C11H13BrO3/c1-11(2,3)15-10(13)14-9-7-5-4-6-8(9)12/h4-7H,1-3H3. The number of halogens is 1.